The number of carbonyl (C=O) groups excluding carboxylic acids is 7. The number of β-amino-alcohol motifs (C(OH)–C–C–N with tert-alkyl or cyclic N) is 3. The first-order chi connectivity index (χ1) is 52.3. The number of aliphatic hydroxyl groups is 3. The molecule has 37 nitrogen and oxygen atoms in total. The van der Waals surface area contributed by atoms with Crippen LogP contribution in [0.25, 0.3) is 0 Å². The SMILES string of the molecule is CCOC(=O)CC(NC(=O)CN)c1cc(Cl)cc(Br)c1O.CCOC(=O)CC(NC(=O)CNC(=O)c1cncc(NC2=NCC(O)CN2)c1)c1cc(Cl)cc(Br)c1O.O=C(O)CC(NC(=O)CNC(=O)c1cncc(NC2=NCC(O)CN2)c1)c1cc(Cl)cc(Br)c1O.O=C(O)c1cncc(NC2=NCC(O)CN2)c1. The smallest absolute Gasteiger partial charge is 0.337 e. The third-order valence-corrected chi connectivity index (χ3v) is 17.2. The number of rotatable bonds is 25. The first-order valence-electron chi connectivity index (χ1n) is 32.8. The predicted octanol–water partition coefficient (Wildman–Crippen LogP) is 3.86. The number of nitrogens with zero attached hydrogens (tertiary/aromatic N) is 6. The minimum atomic E-state index is -1.21. The molecule has 9 rings (SSSR count). The van der Waals surface area contributed by atoms with Crippen molar-refractivity contribution in [1.82, 2.24) is 57.5 Å². The Bertz CT molecular complexity index is 4400. The van der Waals surface area contributed by atoms with Crippen LogP contribution in [0.4, 0.5) is 17.1 Å². The second-order valence-corrected chi connectivity index (χ2v) is 27.1. The van der Waals surface area contributed by atoms with Crippen LogP contribution >= 0.6 is 82.6 Å². The fraction of sp³-hybridized carbons (Fsp3) is 0.328. The lowest BCUT2D eigenvalue weighted by Crippen LogP contribution is -2.42. The van der Waals surface area contributed by atoms with E-state index in [1.165, 1.54) is 91.8 Å². The minimum absolute atomic E-state index is 0.103. The third-order valence-electron chi connectivity index (χ3n) is 14.7. The number of carboxylic acid groups (broad SMARTS) is 2. The minimum Gasteiger partial charge on any atom is -0.506 e. The van der Waals surface area contributed by atoms with E-state index < -0.39 is 109 Å². The summed E-state index contributed by atoms with van der Waals surface area (Å²) in [6.45, 7) is 4.50. The van der Waals surface area contributed by atoms with Gasteiger partial charge in [0.25, 0.3) is 11.8 Å². The van der Waals surface area contributed by atoms with Gasteiger partial charge in [-0.3, -0.25) is 68.3 Å². The molecule has 6 atom stereocenters. The molecule has 3 aliphatic heterocycles. The second kappa shape index (κ2) is 44.4. The summed E-state index contributed by atoms with van der Waals surface area (Å²) in [5, 5.41) is 108. The third kappa shape index (κ3) is 29.6. The number of benzene rings is 3. The van der Waals surface area contributed by atoms with Crippen LogP contribution in [0.1, 0.15) is 99.0 Å². The van der Waals surface area contributed by atoms with E-state index in [4.69, 9.17) is 55.1 Å². The lowest BCUT2D eigenvalue weighted by molar-refractivity contribution is -0.145. The molecular weight excluding hydrogens is 1710 g/mol. The zero-order chi connectivity index (χ0) is 80.7. The Kier molecular flexibility index (Phi) is 35.7. The fourth-order valence-electron chi connectivity index (χ4n) is 9.63. The molecule has 590 valence electrons. The molecule has 0 bridgehead atoms. The van der Waals surface area contributed by atoms with E-state index in [0.717, 1.165) is 0 Å². The molecule has 0 radical (unpaired) electrons. The molecule has 0 spiro atoms. The van der Waals surface area contributed by atoms with Gasteiger partial charge >= 0.3 is 23.9 Å². The van der Waals surface area contributed by atoms with Crippen molar-refractivity contribution in [2.75, 3.05) is 88.1 Å². The summed E-state index contributed by atoms with van der Waals surface area (Å²) in [6.07, 6.45) is 5.86. The van der Waals surface area contributed by atoms with E-state index in [9.17, 15) is 78.9 Å². The molecule has 110 heavy (non-hydrogen) atoms. The number of esters is 2. The molecule has 0 fully saturated rings. The summed E-state index contributed by atoms with van der Waals surface area (Å²) < 4.78 is 10.7. The van der Waals surface area contributed by atoms with Gasteiger partial charge in [-0.2, -0.15) is 0 Å². The van der Waals surface area contributed by atoms with Gasteiger partial charge in [-0.05, 0) is 116 Å². The van der Waals surface area contributed by atoms with Gasteiger partial charge in [0.1, 0.15) is 17.2 Å². The standard InChI is InChI=1S/C23H26BrClN6O6.C21H22BrClN6O6.C13H16BrClN2O4.C10H12N4O3/c1-2-37-20(34)6-18(16-4-13(25)5-17(24)21(16)35)31-19(33)11-27-22(36)12-3-14(8-26-7-12)30-23-28-9-15(32)10-29-23;22-15-3-11(23)2-14(19(15)34)16(4-18(32)33)29-17(31)9-25-20(35)10-1-12(6-24-5-10)28-21-26-7-13(30)8-27-21;1-2-21-12(19)5-10(17-11(18)6-16)8-3-7(15)4-9(14)13(8)20;15-8-4-12-10(13-5-8)14-7-1-6(9(16)17)2-11-3-7/h3-5,7-8,15,18,32,35H,2,6,9-11H2,1H3,(H,27,36)(H,31,33)(H2,28,29,30);1-3,5-6,13,16,30,34H,4,7-9H2,(H,25,35)(H,29,31)(H,32,33)(H2,26,27,28);3-4,10,20H,2,5-6,16H2,1H3,(H,17,18);1-3,8,15H,4-5H2,(H,16,17)(H2,12,13,14). The number of aromatic carboxylic acids is 1. The van der Waals surface area contributed by atoms with E-state index in [1.54, 1.807) is 13.8 Å². The number of nitrogens with two attached hydrogens (primary N) is 1. The Balaban J connectivity index is 0.000000239. The Morgan fingerprint density at radius 1 is 0.491 bits per heavy atom. The number of carbonyl (C=O) groups is 9. The normalized spacial score (nSPS) is 15.5. The van der Waals surface area contributed by atoms with E-state index >= 15 is 0 Å². The summed E-state index contributed by atoms with van der Waals surface area (Å²) in [7, 11) is 0. The molecule has 6 aromatic rings. The summed E-state index contributed by atoms with van der Waals surface area (Å²) in [5.41, 5.74) is 7.83. The van der Waals surface area contributed by atoms with Crippen LogP contribution < -0.4 is 64.2 Å². The number of aromatic nitrogens is 3. The number of phenolic OH excluding ortho intramolecular Hbond substituents is 3. The number of carboxylic acids is 2. The van der Waals surface area contributed by atoms with E-state index in [0.29, 0.717) is 76.2 Å². The molecule has 3 aromatic heterocycles. The number of hydrogen-bond donors (Lipinski definition) is 20. The monoisotopic (exact) mass is 1780 g/mol. The lowest BCUT2D eigenvalue weighted by atomic mass is 10.0. The van der Waals surface area contributed by atoms with Crippen molar-refractivity contribution in [3.05, 3.63) is 154 Å². The highest BCUT2D eigenvalue weighted by molar-refractivity contribution is 9.11. The number of aromatic hydroxyl groups is 3. The maximum atomic E-state index is 12.7. The van der Waals surface area contributed by atoms with Gasteiger partial charge in [-0.15, -0.1) is 0 Å². The van der Waals surface area contributed by atoms with Crippen LogP contribution in [-0.2, 0) is 38.2 Å². The molecule has 3 aromatic carbocycles. The van der Waals surface area contributed by atoms with Gasteiger partial charge in [0, 0.05) is 70.0 Å². The number of nitrogens with one attached hydrogen (secondary N) is 11. The number of aliphatic carboxylic acids is 1. The Hall–Kier alpha value is -10.3. The predicted molar refractivity (Wildman–Crippen MR) is 413 cm³/mol. The van der Waals surface area contributed by atoms with Gasteiger partial charge in [0.05, 0.1) is 174 Å². The molecule has 43 heteroatoms. The van der Waals surface area contributed by atoms with Gasteiger partial charge in [-0.25, -0.2) is 4.79 Å². The first kappa shape index (κ1) is 88.6. The quantitative estimate of drug-likeness (QED) is 0.0362. The van der Waals surface area contributed by atoms with E-state index in [-0.39, 0.29) is 110 Å². The van der Waals surface area contributed by atoms with Crippen LogP contribution in [-0.4, -0.2) is 218 Å². The summed E-state index contributed by atoms with van der Waals surface area (Å²) in [5.74, 6) is -5.42. The number of guanidine groups is 3. The topological polar surface area (TPSA) is 568 Å². The number of phenols is 3. The molecule has 5 amide bonds. The molecule has 6 heterocycles. The number of hydrogen-bond acceptors (Lipinski definition) is 30. The van der Waals surface area contributed by atoms with Crippen molar-refractivity contribution in [2.45, 2.75) is 69.5 Å². The largest absolute Gasteiger partial charge is 0.506 e. The molecule has 0 saturated carbocycles. The van der Waals surface area contributed by atoms with Crippen molar-refractivity contribution in [1.29, 1.82) is 0 Å². The number of aliphatic hydroxyl groups excluding tert-OH is 3. The average molecular weight is 1780 g/mol. The van der Waals surface area contributed by atoms with Crippen LogP contribution in [0, 0.1) is 0 Å². The second-order valence-electron chi connectivity index (χ2n) is 23.3. The highest BCUT2D eigenvalue weighted by Gasteiger charge is 2.28. The van der Waals surface area contributed by atoms with E-state index in [2.05, 4.69) is 136 Å². The van der Waals surface area contributed by atoms with Crippen LogP contribution in [0.3, 0.4) is 0 Å². The van der Waals surface area contributed by atoms with Gasteiger partial charge in [-0.1, -0.05) is 34.8 Å². The molecule has 0 aliphatic carbocycles. The van der Waals surface area contributed by atoms with Crippen LogP contribution in [0.5, 0.6) is 17.2 Å². The number of halogens is 6. The molecule has 6 unspecified atom stereocenters. The number of aliphatic imine (C=N–C) groups is 3. The van der Waals surface area contributed by atoms with Gasteiger partial charge in [0.2, 0.25) is 17.7 Å². The number of ether oxygens (including phenoxy) is 2. The number of anilines is 3. The van der Waals surface area contributed by atoms with Crippen molar-refractivity contribution in [3.8, 4) is 17.2 Å². The Labute approximate surface area is 666 Å². The average Bonchev–Trinajstić information content (AvgIpc) is 0.827. The van der Waals surface area contributed by atoms with E-state index in [1.807, 2.05) is 0 Å². The van der Waals surface area contributed by atoms with Gasteiger partial charge in [0.15, 0.2) is 17.9 Å². The first-order valence-corrected chi connectivity index (χ1v) is 36.3. The summed E-state index contributed by atoms with van der Waals surface area (Å²) in [6, 6.07) is 10.3. The maximum absolute atomic E-state index is 12.7. The van der Waals surface area contributed by atoms with Gasteiger partial charge < -0.3 is 115 Å². The van der Waals surface area contributed by atoms with Crippen molar-refractivity contribution >= 4 is 171 Å². The molecule has 21 N–H and O–H groups in total. The van der Waals surface area contributed by atoms with Crippen LogP contribution in [0.2, 0.25) is 15.1 Å². The number of pyridine rings is 3. The lowest BCUT2D eigenvalue weighted by Gasteiger charge is -2.21. The summed E-state index contributed by atoms with van der Waals surface area (Å²) in [4.78, 5) is 132. The van der Waals surface area contributed by atoms with Crippen molar-refractivity contribution in [2.24, 2.45) is 20.7 Å². The van der Waals surface area contributed by atoms with Crippen molar-refractivity contribution in [3.63, 3.8) is 0 Å². The molecular formula is C67H76Br3Cl3N18O19. The zero-order valence-electron chi connectivity index (χ0n) is 58.1. The highest BCUT2D eigenvalue weighted by atomic mass is 79.9. The summed E-state index contributed by atoms with van der Waals surface area (Å²) >= 11 is 27.5. The fourth-order valence-corrected chi connectivity index (χ4v) is 12.1. The van der Waals surface area contributed by atoms with Crippen molar-refractivity contribution < 1.29 is 93.5 Å². The molecule has 3 aliphatic rings. The Morgan fingerprint density at radius 3 is 1.11 bits per heavy atom. The van der Waals surface area contributed by atoms with Crippen LogP contribution in [0.15, 0.2) is 120 Å². The Morgan fingerprint density at radius 2 is 0.809 bits per heavy atom. The number of amides is 5. The maximum Gasteiger partial charge on any atom is 0.337 e. The molecule has 0 saturated heterocycles. The zero-order valence-corrected chi connectivity index (χ0v) is 65.1. The highest BCUT2D eigenvalue weighted by Crippen LogP contribution is 2.39.